The first-order valence-corrected chi connectivity index (χ1v) is 7.03. The molecule has 1 heterocycles. The first-order valence-electron chi connectivity index (χ1n) is 6.65. The van der Waals surface area contributed by atoms with Crippen LogP contribution < -0.4 is 5.32 Å². The molecule has 2 unspecified atom stereocenters. The van der Waals surface area contributed by atoms with Crippen LogP contribution in [0.1, 0.15) is 38.3 Å². The van der Waals surface area contributed by atoms with E-state index in [0.29, 0.717) is 23.7 Å². The molecular formula is C14H21ClN2O. The minimum atomic E-state index is 0.356. The largest absolute Gasteiger partial charge is 0.373 e. The van der Waals surface area contributed by atoms with Crippen LogP contribution in [-0.4, -0.2) is 18.1 Å². The van der Waals surface area contributed by atoms with Crippen molar-refractivity contribution in [1.29, 1.82) is 0 Å². The molecule has 0 spiro atoms. The van der Waals surface area contributed by atoms with E-state index >= 15 is 0 Å². The van der Waals surface area contributed by atoms with Gasteiger partial charge in [-0.1, -0.05) is 31.4 Å². The standard InChI is InChI=1S/C14H21ClN2O/c1-10-5-3-4-6-13(10)18-9-12-11(15)7-8-14(16-2)17-12/h7-8,10,13H,3-6,9H2,1-2H3,(H,16,17). The maximum absolute atomic E-state index is 6.14. The lowest BCUT2D eigenvalue weighted by atomic mass is 9.88. The fraction of sp³-hybridized carbons (Fsp3) is 0.643. The van der Waals surface area contributed by atoms with Gasteiger partial charge in [0.1, 0.15) is 5.82 Å². The third kappa shape index (κ3) is 3.36. The molecule has 0 radical (unpaired) electrons. The summed E-state index contributed by atoms with van der Waals surface area (Å²) in [5, 5.41) is 3.69. The van der Waals surface area contributed by atoms with Crippen molar-refractivity contribution in [2.24, 2.45) is 5.92 Å². The van der Waals surface area contributed by atoms with Crippen LogP contribution in [0.15, 0.2) is 12.1 Å². The van der Waals surface area contributed by atoms with Gasteiger partial charge in [0.15, 0.2) is 0 Å². The molecule has 1 fully saturated rings. The van der Waals surface area contributed by atoms with Gasteiger partial charge in [-0.05, 0) is 30.9 Å². The summed E-state index contributed by atoms with van der Waals surface area (Å²) in [6, 6.07) is 3.73. The summed E-state index contributed by atoms with van der Waals surface area (Å²) in [6.45, 7) is 2.77. The smallest absolute Gasteiger partial charge is 0.126 e. The van der Waals surface area contributed by atoms with E-state index in [1.165, 1.54) is 19.3 Å². The van der Waals surface area contributed by atoms with E-state index in [1.807, 2.05) is 19.2 Å². The van der Waals surface area contributed by atoms with Gasteiger partial charge in [-0.2, -0.15) is 0 Å². The van der Waals surface area contributed by atoms with Crippen LogP contribution in [0.25, 0.3) is 0 Å². The zero-order chi connectivity index (χ0) is 13.0. The van der Waals surface area contributed by atoms with Gasteiger partial charge in [-0.3, -0.25) is 0 Å². The number of pyridine rings is 1. The van der Waals surface area contributed by atoms with Gasteiger partial charge in [0.05, 0.1) is 23.4 Å². The van der Waals surface area contributed by atoms with Crippen LogP contribution in [0, 0.1) is 5.92 Å². The number of halogens is 1. The number of aromatic nitrogens is 1. The van der Waals surface area contributed by atoms with Gasteiger partial charge >= 0.3 is 0 Å². The Balaban J connectivity index is 1.96. The van der Waals surface area contributed by atoms with Crippen molar-refractivity contribution < 1.29 is 4.74 Å². The maximum atomic E-state index is 6.14. The molecule has 18 heavy (non-hydrogen) atoms. The van der Waals surface area contributed by atoms with E-state index in [2.05, 4.69) is 17.2 Å². The Morgan fingerprint density at radius 1 is 1.39 bits per heavy atom. The van der Waals surface area contributed by atoms with Gasteiger partial charge in [-0.25, -0.2) is 4.98 Å². The van der Waals surface area contributed by atoms with Gasteiger partial charge in [0.2, 0.25) is 0 Å². The van der Waals surface area contributed by atoms with Crippen LogP contribution in [0.4, 0.5) is 5.82 Å². The van der Waals surface area contributed by atoms with Crippen molar-refractivity contribution in [2.75, 3.05) is 12.4 Å². The second kappa shape index (κ2) is 6.39. The van der Waals surface area contributed by atoms with E-state index in [1.54, 1.807) is 0 Å². The molecule has 3 nitrogen and oxygen atoms in total. The molecule has 0 bridgehead atoms. The summed E-state index contributed by atoms with van der Waals surface area (Å²) in [7, 11) is 1.85. The third-order valence-corrected chi connectivity index (χ3v) is 3.99. The Bertz CT molecular complexity index is 397. The zero-order valence-electron chi connectivity index (χ0n) is 11.1. The highest BCUT2D eigenvalue weighted by Crippen LogP contribution is 2.27. The van der Waals surface area contributed by atoms with Crippen LogP contribution in [-0.2, 0) is 11.3 Å². The fourth-order valence-corrected chi connectivity index (χ4v) is 2.60. The average molecular weight is 269 g/mol. The molecule has 1 aliphatic rings. The molecule has 100 valence electrons. The van der Waals surface area contributed by atoms with Crippen molar-refractivity contribution in [3.05, 3.63) is 22.8 Å². The van der Waals surface area contributed by atoms with Crippen LogP contribution >= 0.6 is 11.6 Å². The van der Waals surface area contributed by atoms with E-state index in [9.17, 15) is 0 Å². The monoisotopic (exact) mass is 268 g/mol. The normalized spacial score (nSPS) is 23.9. The fourth-order valence-electron chi connectivity index (χ4n) is 2.44. The Kier molecular flexibility index (Phi) is 4.84. The molecule has 1 N–H and O–H groups in total. The van der Waals surface area contributed by atoms with Gasteiger partial charge in [-0.15, -0.1) is 0 Å². The van der Waals surface area contributed by atoms with Crippen molar-refractivity contribution in [3.8, 4) is 0 Å². The summed E-state index contributed by atoms with van der Waals surface area (Å²) >= 11 is 6.14. The molecule has 0 saturated heterocycles. The second-order valence-corrected chi connectivity index (χ2v) is 5.39. The zero-order valence-corrected chi connectivity index (χ0v) is 11.8. The molecule has 1 aliphatic carbocycles. The highest BCUT2D eigenvalue weighted by Gasteiger charge is 2.22. The maximum Gasteiger partial charge on any atom is 0.126 e. The molecule has 1 aromatic rings. The van der Waals surface area contributed by atoms with Crippen molar-refractivity contribution in [2.45, 2.75) is 45.3 Å². The van der Waals surface area contributed by atoms with Crippen LogP contribution in [0.2, 0.25) is 5.02 Å². The summed E-state index contributed by atoms with van der Waals surface area (Å²) in [6.07, 6.45) is 5.38. The molecule has 4 heteroatoms. The molecule has 2 rings (SSSR count). The summed E-state index contributed by atoms with van der Waals surface area (Å²) in [5.74, 6) is 1.47. The van der Waals surface area contributed by atoms with E-state index in [4.69, 9.17) is 16.3 Å². The topological polar surface area (TPSA) is 34.1 Å². The van der Waals surface area contributed by atoms with Gasteiger partial charge in [0, 0.05) is 7.05 Å². The molecule has 1 aromatic heterocycles. The average Bonchev–Trinajstić information content (AvgIpc) is 2.39. The predicted molar refractivity (Wildman–Crippen MR) is 75.0 cm³/mol. The van der Waals surface area contributed by atoms with Crippen LogP contribution in [0.5, 0.6) is 0 Å². The van der Waals surface area contributed by atoms with Crippen molar-refractivity contribution >= 4 is 17.4 Å². The Hall–Kier alpha value is -0.800. The molecule has 1 saturated carbocycles. The van der Waals surface area contributed by atoms with E-state index in [0.717, 1.165) is 17.9 Å². The first kappa shape index (κ1) is 13.6. The predicted octanol–water partition coefficient (Wildman–Crippen LogP) is 3.87. The van der Waals surface area contributed by atoms with Gasteiger partial charge < -0.3 is 10.1 Å². The first-order chi connectivity index (χ1) is 8.70. The number of hydrogen-bond acceptors (Lipinski definition) is 3. The Labute approximate surface area is 114 Å². The number of nitrogens with zero attached hydrogens (tertiary/aromatic N) is 1. The summed E-state index contributed by atoms with van der Waals surface area (Å²) < 4.78 is 5.99. The molecule has 0 amide bonds. The van der Waals surface area contributed by atoms with Gasteiger partial charge in [0.25, 0.3) is 0 Å². The number of ether oxygens (including phenoxy) is 1. The lowest BCUT2D eigenvalue weighted by molar-refractivity contribution is -0.0167. The van der Waals surface area contributed by atoms with E-state index in [-0.39, 0.29) is 0 Å². The number of nitrogens with one attached hydrogen (secondary N) is 1. The number of anilines is 1. The van der Waals surface area contributed by atoms with E-state index < -0.39 is 0 Å². The molecule has 2 atom stereocenters. The second-order valence-electron chi connectivity index (χ2n) is 4.99. The number of hydrogen-bond donors (Lipinski definition) is 1. The lowest BCUT2D eigenvalue weighted by Gasteiger charge is -2.28. The lowest BCUT2D eigenvalue weighted by Crippen LogP contribution is -2.25. The summed E-state index contributed by atoms with van der Waals surface area (Å²) in [4.78, 5) is 4.43. The minimum Gasteiger partial charge on any atom is -0.373 e. The highest BCUT2D eigenvalue weighted by atomic mass is 35.5. The third-order valence-electron chi connectivity index (χ3n) is 3.64. The molecule has 0 aromatic carbocycles. The Morgan fingerprint density at radius 3 is 2.89 bits per heavy atom. The highest BCUT2D eigenvalue weighted by molar-refractivity contribution is 6.31. The number of rotatable bonds is 4. The minimum absolute atomic E-state index is 0.356. The molecule has 0 aliphatic heterocycles. The Morgan fingerprint density at radius 2 is 2.17 bits per heavy atom. The summed E-state index contributed by atoms with van der Waals surface area (Å²) in [5.41, 5.74) is 0.821. The van der Waals surface area contributed by atoms with Crippen LogP contribution in [0.3, 0.4) is 0 Å². The quantitative estimate of drug-likeness (QED) is 0.900. The van der Waals surface area contributed by atoms with Crippen molar-refractivity contribution in [3.63, 3.8) is 0 Å². The SMILES string of the molecule is CNc1ccc(Cl)c(COC2CCCCC2C)n1. The van der Waals surface area contributed by atoms with Crippen molar-refractivity contribution in [1.82, 2.24) is 4.98 Å². The molecular weight excluding hydrogens is 248 g/mol.